The first-order chi connectivity index (χ1) is 6.83. The molecule has 0 spiro atoms. The molecule has 1 N–H and O–H groups in total. The van der Waals surface area contributed by atoms with E-state index in [4.69, 9.17) is 16.3 Å². The molecule has 0 saturated carbocycles. The lowest BCUT2D eigenvalue weighted by atomic mass is 10.1. The minimum absolute atomic E-state index is 0.765. The maximum atomic E-state index is 5.78. The second-order valence-electron chi connectivity index (χ2n) is 3.12. The molecule has 14 heavy (non-hydrogen) atoms. The summed E-state index contributed by atoms with van der Waals surface area (Å²) < 4.78 is 4.93. The Hall–Kier alpha value is -0.570. The van der Waals surface area contributed by atoms with Crippen molar-refractivity contribution in [2.75, 3.05) is 26.8 Å². The third kappa shape index (κ3) is 4.61. The second kappa shape index (κ2) is 6.82. The lowest BCUT2D eigenvalue weighted by Crippen LogP contribution is -2.21. The fourth-order valence-corrected chi connectivity index (χ4v) is 1.31. The molecular weight excluding hydrogens is 198 g/mol. The van der Waals surface area contributed by atoms with Gasteiger partial charge in [0.25, 0.3) is 0 Å². The van der Waals surface area contributed by atoms with Crippen LogP contribution in [0.2, 0.25) is 5.02 Å². The number of nitrogens with one attached hydrogen (secondary N) is 1. The molecule has 3 heteroatoms. The van der Waals surface area contributed by atoms with Gasteiger partial charge in [0, 0.05) is 18.7 Å². The van der Waals surface area contributed by atoms with Crippen LogP contribution >= 0.6 is 11.6 Å². The van der Waals surface area contributed by atoms with Crippen molar-refractivity contribution >= 4 is 11.6 Å². The Balaban J connectivity index is 2.15. The molecule has 0 aromatic heterocycles. The van der Waals surface area contributed by atoms with Crippen molar-refractivity contribution in [3.63, 3.8) is 0 Å². The number of halogens is 1. The quantitative estimate of drug-likeness (QED) is 0.731. The molecule has 2 nitrogen and oxygen atoms in total. The van der Waals surface area contributed by atoms with E-state index in [-0.39, 0.29) is 0 Å². The molecule has 0 aliphatic rings. The van der Waals surface area contributed by atoms with Crippen LogP contribution in [0.4, 0.5) is 0 Å². The van der Waals surface area contributed by atoms with Gasteiger partial charge in [-0.05, 0) is 30.7 Å². The van der Waals surface area contributed by atoms with Crippen LogP contribution in [0.15, 0.2) is 24.3 Å². The van der Waals surface area contributed by atoms with E-state index in [1.165, 1.54) is 5.56 Å². The normalized spacial score (nSPS) is 10.4. The number of hydrogen-bond acceptors (Lipinski definition) is 2. The number of methoxy groups -OCH3 is 1. The third-order valence-electron chi connectivity index (χ3n) is 1.99. The Morgan fingerprint density at radius 3 is 2.57 bits per heavy atom. The molecule has 0 aliphatic carbocycles. The summed E-state index contributed by atoms with van der Waals surface area (Å²) in [5.74, 6) is 0. The van der Waals surface area contributed by atoms with Crippen LogP contribution in [0.5, 0.6) is 0 Å². The third-order valence-corrected chi connectivity index (χ3v) is 2.24. The van der Waals surface area contributed by atoms with E-state index in [0.29, 0.717) is 0 Å². The summed E-state index contributed by atoms with van der Waals surface area (Å²) in [6.07, 6.45) is 1.03. The largest absolute Gasteiger partial charge is 0.383 e. The Morgan fingerprint density at radius 1 is 1.21 bits per heavy atom. The van der Waals surface area contributed by atoms with Crippen LogP contribution in [0.3, 0.4) is 0 Å². The van der Waals surface area contributed by atoms with Crippen molar-refractivity contribution in [2.45, 2.75) is 6.42 Å². The van der Waals surface area contributed by atoms with E-state index >= 15 is 0 Å². The number of ether oxygens (including phenoxy) is 1. The summed E-state index contributed by atoms with van der Waals surface area (Å²) in [5, 5.41) is 4.08. The first-order valence-corrected chi connectivity index (χ1v) is 5.15. The van der Waals surface area contributed by atoms with Gasteiger partial charge in [-0.2, -0.15) is 0 Å². The van der Waals surface area contributed by atoms with Gasteiger partial charge < -0.3 is 10.1 Å². The molecule has 78 valence electrons. The molecule has 0 radical (unpaired) electrons. The summed E-state index contributed by atoms with van der Waals surface area (Å²) in [4.78, 5) is 0. The van der Waals surface area contributed by atoms with Crippen LogP contribution in [0.1, 0.15) is 5.56 Å². The molecule has 0 saturated heterocycles. The van der Waals surface area contributed by atoms with Crippen LogP contribution in [0.25, 0.3) is 0 Å². The SMILES string of the molecule is COCCNCCc1ccc(Cl)cc1. The van der Waals surface area contributed by atoms with E-state index in [1.54, 1.807) is 7.11 Å². The Labute approximate surface area is 90.2 Å². The monoisotopic (exact) mass is 213 g/mol. The first kappa shape index (κ1) is 11.5. The zero-order valence-electron chi connectivity index (χ0n) is 8.42. The van der Waals surface area contributed by atoms with Gasteiger partial charge in [-0.3, -0.25) is 0 Å². The molecule has 1 aromatic rings. The van der Waals surface area contributed by atoms with Gasteiger partial charge in [-0.25, -0.2) is 0 Å². The zero-order valence-corrected chi connectivity index (χ0v) is 9.18. The van der Waals surface area contributed by atoms with Gasteiger partial charge in [0.1, 0.15) is 0 Å². The van der Waals surface area contributed by atoms with E-state index < -0.39 is 0 Å². The summed E-state index contributed by atoms with van der Waals surface area (Å²) in [6.45, 7) is 2.65. The van der Waals surface area contributed by atoms with Gasteiger partial charge in [0.15, 0.2) is 0 Å². The number of hydrogen-bond donors (Lipinski definition) is 1. The molecule has 0 amide bonds. The fraction of sp³-hybridized carbons (Fsp3) is 0.455. The van der Waals surface area contributed by atoms with Crippen LogP contribution < -0.4 is 5.32 Å². The summed E-state index contributed by atoms with van der Waals surface area (Å²) in [6, 6.07) is 7.96. The summed E-state index contributed by atoms with van der Waals surface area (Å²) in [5.41, 5.74) is 1.30. The first-order valence-electron chi connectivity index (χ1n) is 4.77. The van der Waals surface area contributed by atoms with Gasteiger partial charge in [0.05, 0.1) is 6.61 Å². The van der Waals surface area contributed by atoms with E-state index in [2.05, 4.69) is 17.4 Å². The minimum Gasteiger partial charge on any atom is -0.383 e. The van der Waals surface area contributed by atoms with Crippen molar-refractivity contribution in [3.8, 4) is 0 Å². The van der Waals surface area contributed by atoms with Crippen LogP contribution in [-0.4, -0.2) is 26.8 Å². The lowest BCUT2D eigenvalue weighted by Gasteiger charge is -2.04. The predicted molar refractivity (Wildman–Crippen MR) is 59.9 cm³/mol. The summed E-state index contributed by atoms with van der Waals surface area (Å²) in [7, 11) is 1.71. The lowest BCUT2D eigenvalue weighted by molar-refractivity contribution is 0.199. The topological polar surface area (TPSA) is 21.3 Å². The molecule has 0 bridgehead atoms. The van der Waals surface area contributed by atoms with E-state index in [0.717, 1.165) is 31.1 Å². The number of rotatable bonds is 6. The maximum absolute atomic E-state index is 5.78. The maximum Gasteiger partial charge on any atom is 0.0587 e. The second-order valence-corrected chi connectivity index (χ2v) is 3.56. The molecule has 0 aliphatic heterocycles. The highest BCUT2D eigenvalue weighted by atomic mass is 35.5. The highest BCUT2D eigenvalue weighted by Gasteiger charge is 1.92. The molecule has 1 aromatic carbocycles. The minimum atomic E-state index is 0.765. The average Bonchev–Trinajstić information content (AvgIpc) is 2.21. The van der Waals surface area contributed by atoms with Crippen LogP contribution in [0, 0.1) is 0 Å². The van der Waals surface area contributed by atoms with E-state index in [9.17, 15) is 0 Å². The molecule has 0 heterocycles. The molecule has 0 fully saturated rings. The van der Waals surface area contributed by atoms with Crippen molar-refractivity contribution in [2.24, 2.45) is 0 Å². The average molecular weight is 214 g/mol. The van der Waals surface area contributed by atoms with Gasteiger partial charge in [-0.15, -0.1) is 0 Å². The van der Waals surface area contributed by atoms with Gasteiger partial charge in [0.2, 0.25) is 0 Å². The number of benzene rings is 1. The van der Waals surface area contributed by atoms with Crippen molar-refractivity contribution < 1.29 is 4.74 Å². The highest BCUT2D eigenvalue weighted by Crippen LogP contribution is 2.09. The molecule has 1 rings (SSSR count). The van der Waals surface area contributed by atoms with Crippen molar-refractivity contribution in [1.82, 2.24) is 5.32 Å². The Morgan fingerprint density at radius 2 is 1.93 bits per heavy atom. The Kier molecular flexibility index (Phi) is 5.60. The molecular formula is C11H16ClNO. The van der Waals surface area contributed by atoms with Crippen molar-refractivity contribution in [3.05, 3.63) is 34.9 Å². The molecule has 0 unspecified atom stereocenters. The Bertz CT molecular complexity index is 248. The highest BCUT2D eigenvalue weighted by molar-refractivity contribution is 6.30. The fourth-order valence-electron chi connectivity index (χ4n) is 1.18. The molecule has 0 atom stereocenters. The predicted octanol–water partition coefficient (Wildman–Crippen LogP) is 2.12. The zero-order chi connectivity index (χ0) is 10.2. The van der Waals surface area contributed by atoms with Gasteiger partial charge in [-0.1, -0.05) is 23.7 Å². The van der Waals surface area contributed by atoms with Crippen LogP contribution in [-0.2, 0) is 11.2 Å². The summed E-state index contributed by atoms with van der Waals surface area (Å²) >= 11 is 5.78. The van der Waals surface area contributed by atoms with E-state index in [1.807, 2.05) is 12.1 Å². The van der Waals surface area contributed by atoms with Gasteiger partial charge >= 0.3 is 0 Å². The smallest absolute Gasteiger partial charge is 0.0587 e. The van der Waals surface area contributed by atoms with Crippen molar-refractivity contribution in [1.29, 1.82) is 0 Å². The standard InChI is InChI=1S/C11H16ClNO/c1-14-9-8-13-7-6-10-2-4-11(12)5-3-10/h2-5,13H,6-9H2,1H3.